The number of amides is 1. The molecule has 1 unspecified atom stereocenters. The Labute approximate surface area is 231 Å². The molecule has 0 aliphatic carbocycles. The molecule has 0 saturated carbocycles. The number of piperazine rings is 1. The highest BCUT2D eigenvalue weighted by molar-refractivity contribution is 7.86. The second kappa shape index (κ2) is 11.8. The summed E-state index contributed by atoms with van der Waals surface area (Å²) in [5.74, 6) is 0.0967. The quantitative estimate of drug-likeness (QED) is 0.442. The summed E-state index contributed by atoms with van der Waals surface area (Å²) < 4.78 is 36.2. The lowest BCUT2D eigenvalue weighted by molar-refractivity contribution is 0.0139. The molecule has 2 aromatic carbocycles. The zero-order valence-corrected chi connectivity index (χ0v) is 24.2. The first-order valence-corrected chi connectivity index (χ1v) is 14.9. The molecule has 8 nitrogen and oxygen atoms in total. The fourth-order valence-corrected chi connectivity index (χ4v) is 5.91. The predicted molar refractivity (Wildman–Crippen MR) is 149 cm³/mol. The second-order valence-corrected chi connectivity index (χ2v) is 13.2. The molecule has 2 saturated heterocycles. The number of benzene rings is 2. The number of ether oxygens (including phenoxy) is 1. The molecule has 0 radical (unpaired) electrons. The molecule has 2 fully saturated rings. The molecular weight excluding hydrogens is 526 g/mol. The first kappa shape index (κ1) is 28.7. The number of anilines is 1. The number of carbonyl (C=O) groups excluding carboxylic acids is 1. The van der Waals surface area contributed by atoms with E-state index in [1.54, 1.807) is 29.2 Å². The van der Waals surface area contributed by atoms with E-state index < -0.39 is 15.7 Å². The van der Waals surface area contributed by atoms with Crippen molar-refractivity contribution < 1.29 is 22.1 Å². The van der Waals surface area contributed by atoms with Gasteiger partial charge in [-0.05, 0) is 63.9 Å². The van der Waals surface area contributed by atoms with Gasteiger partial charge in [0.05, 0.1) is 11.5 Å². The van der Waals surface area contributed by atoms with E-state index >= 15 is 0 Å². The Morgan fingerprint density at radius 3 is 2.37 bits per heavy atom. The standard InChI is InChI=1S/C28H38ClN3O5S/c1-21-5-9-25(10-6-21)38(34,35)36-20-22-11-12-32(18-22)26-17-24(29)8-7-23(26)19-30-13-15-31(16-14-30)27(33)37-28(2,3)4/h5-10,17,22H,11-16,18-20H2,1-4H3. The maximum atomic E-state index is 12.6. The highest BCUT2D eigenvalue weighted by Gasteiger charge is 2.29. The van der Waals surface area contributed by atoms with E-state index in [0.29, 0.717) is 24.7 Å². The molecule has 208 valence electrons. The molecule has 0 N–H and O–H groups in total. The lowest BCUT2D eigenvalue weighted by Gasteiger charge is -2.36. The van der Waals surface area contributed by atoms with Crippen LogP contribution in [0, 0.1) is 12.8 Å². The number of nitrogens with zero attached hydrogens (tertiary/aromatic N) is 3. The Morgan fingerprint density at radius 1 is 1.03 bits per heavy atom. The summed E-state index contributed by atoms with van der Waals surface area (Å²) in [6, 6.07) is 12.7. The van der Waals surface area contributed by atoms with Crippen molar-refractivity contribution in [2.45, 2.75) is 51.2 Å². The van der Waals surface area contributed by atoms with Gasteiger partial charge in [0.25, 0.3) is 10.1 Å². The molecule has 2 heterocycles. The van der Waals surface area contributed by atoms with Crippen LogP contribution in [-0.4, -0.2) is 75.8 Å². The summed E-state index contributed by atoms with van der Waals surface area (Å²) in [6.45, 7) is 12.7. The van der Waals surface area contributed by atoms with Gasteiger partial charge in [-0.1, -0.05) is 35.4 Å². The van der Waals surface area contributed by atoms with Crippen molar-refractivity contribution in [2.75, 3.05) is 50.8 Å². The number of hydrogen-bond acceptors (Lipinski definition) is 7. The zero-order chi connectivity index (χ0) is 27.5. The third kappa shape index (κ3) is 7.62. The van der Waals surface area contributed by atoms with Crippen LogP contribution in [0.5, 0.6) is 0 Å². The molecule has 2 aliphatic heterocycles. The minimum absolute atomic E-state index is 0.0967. The lowest BCUT2D eigenvalue weighted by Crippen LogP contribution is -2.49. The Kier molecular flexibility index (Phi) is 8.92. The van der Waals surface area contributed by atoms with E-state index in [1.165, 1.54) is 0 Å². The van der Waals surface area contributed by atoms with E-state index in [-0.39, 0.29) is 23.5 Å². The van der Waals surface area contributed by atoms with Gasteiger partial charge < -0.3 is 14.5 Å². The minimum Gasteiger partial charge on any atom is -0.444 e. The van der Waals surface area contributed by atoms with E-state index in [4.69, 9.17) is 20.5 Å². The first-order valence-electron chi connectivity index (χ1n) is 13.1. The first-order chi connectivity index (χ1) is 17.9. The molecule has 38 heavy (non-hydrogen) atoms. The maximum Gasteiger partial charge on any atom is 0.410 e. The van der Waals surface area contributed by atoms with E-state index in [2.05, 4.69) is 15.9 Å². The Balaban J connectivity index is 1.34. The fraction of sp³-hybridized carbons (Fsp3) is 0.536. The number of carbonyl (C=O) groups is 1. The van der Waals surface area contributed by atoms with E-state index in [1.807, 2.05) is 39.8 Å². The molecule has 0 bridgehead atoms. The van der Waals surface area contributed by atoms with Crippen LogP contribution in [-0.2, 0) is 25.6 Å². The van der Waals surface area contributed by atoms with Crippen molar-refractivity contribution in [3.05, 3.63) is 58.6 Å². The highest BCUT2D eigenvalue weighted by atomic mass is 35.5. The van der Waals surface area contributed by atoms with Crippen molar-refractivity contribution in [3.8, 4) is 0 Å². The third-order valence-electron chi connectivity index (χ3n) is 6.86. The molecule has 2 aromatic rings. The van der Waals surface area contributed by atoms with Crippen LogP contribution in [0.3, 0.4) is 0 Å². The molecule has 1 atom stereocenters. The Morgan fingerprint density at radius 2 is 1.71 bits per heavy atom. The summed E-state index contributed by atoms with van der Waals surface area (Å²) >= 11 is 6.38. The SMILES string of the molecule is Cc1ccc(S(=O)(=O)OCC2CCN(c3cc(Cl)ccc3CN3CCN(C(=O)OC(C)(C)C)CC3)C2)cc1. The van der Waals surface area contributed by atoms with E-state index in [0.717, 1.165) is 49.4 Å². The number of hydrogen-bond donors (Lipinski definition) is 0. The summed E-state index contributed by atoms with van der Waals surface area (Å²) in [5, 5.41) is 0.667. The van der Waals surface area contributed by atoms with Gasteiger partial charge in [-0.25, -0.2) is 4.79 Å². The largest absolute Gasteiger partial charge is 0.444 e. The summed E-state index contributed by atoms with van der Waals surface area (Å²) in [7, 11) is -3.78. The van der Waals surface area contributed by atoms with Crippen LogP contribution < -0.4 is 4.90 Å². The summed E-state index contributed by atoms with van der Waals surface area (Å²) in [6.07, 6.45) is 0.572. The molecule has 0 aromatic heterocycles. The van der Waals surface area contributed by atoms with E-state index in [9.17, 15) is 13.2 Å². The third-order valence-corrected chi connectivity index (χ3v) is 8.39. The van der Waals surface area contributed by atoms with Gasteiger partial charge >= 0.3 is 6.09 Å². The van der Waals surface area contributed by atoms with Crippen LogP contribution in [0.15, 0.2) is 47.4 Å². The van der Waals surface area contributed by atoms with Gasteiger partial charge in [0.15, 0.2) is 0 Å². The molecule has 10 heteroatoms. The van der Waals surface area contributed by atoms with Gasteiger partial charge in [-0.15, -0.1) is 0 Å². The summed E-state index contributed by atoms with van der Waals surface area (Å²) in [5.41, 5.74) is 2.72. The van der Waals surface area contributed by atoms with Crippen molar-refractivity contribution in [1.29, 1.82) is 0 Å². The predicted octanol–water partition coefficient (Wildman–Crippen LogP) is 4.93. The van der Waals surface area contributed by atoms with Crippen molar-refractivity contribution in [1.82, 2.24) is 9.80 Å². The van der Waals surface area contributed by atoms with Crippen molar-refractivity contribution in [3.63, 3.8) is 0 Å². The van der Waals surface area contributed by atoms with Crippen LogP contribution in [0.25, 0.3) is 0 Å². The van der Waals surface area contributed by atoms with Gasteiger partial charge in [-0.2, -0.15) is 8.42 Å². The highest BCUT2D eigenvalue weighted by Crippen LogP contribution is 2.31. The number of aryl methyl sites for hydroxylation is 1. The second-order valence-electron chi connectivity index (χ2n) is 11.2. The normalized spacial score (nSPS) is 19.1. The number of halogens is 1. The zero-order valence-electron chi connectivity index (χ0n) is 22.7. The molecule has 4 rings (SSSR count). The molecule has 2 aliphatic rings. The molecule has 1 amide bonds. The van der Waals surface area contributed by atoms with Gasteiger partial charge in [0.2, 0.25) is 0 Å². The Bertz CT molecular complexity index is 1220. The van der Waals surface area contributed by atoms with Gasteiger partial charge in [0, 0.05) is 62.4 Å². The monoisotopic (exact) mass is 563 g/mol. The van der Waals surface area contributed by atoms with Crippen LogP contribution >= 0.6 is 11.6 Å². The average Bonchev–Trinajstić information content (AvgIpc) is 3.33. The van der Waals surface area contributed by atoms with Gasteiger partial charge in [0.1, 0.15) is 5.60 Å². The minimum atomic E-state index is -3.78. The Hall–Kier alpha value is -2.33. The van der Waals surface area contributed by atoms with Crippen molar-refractivity contribution in [2.24, 2.45) is 5.92 Å². The fourth-order valence-electron chi connectivity index (χ4n) is 4.77. The smallest absolute Gasteiger partial charge is 0.410 e. The maximum absolute atomic E-state index is 12.6. The molecular formula is C28H38ClN3O5S. The number of rotatable bonds is 7. The van der Waals surface area contributed by atoms with Gasteiger partial charge in [-0.3, -0.25) is 9.08 Å². The average molecular weight is 564 g/mol. The topological polar surface area (TPSA) is 79.4 Å². The van der Waals surface area contributed by atoms with Crippen LogP contribution in [0.2, 0.25) is 5.02 Å². The van der Waals surface area contributed by atoms with Crippen LogP contribution in [0.4, 0.5) is 10.5 Å². The van der Waals surface area contributed by atoms with Crippen LogP contribution in [0.1, 0.15) is 38.3 Å². The lowest BCUT2D eigenvalue weighted by atomic mass is 10.1. The van der Waals surface area contributed by atoms with Crippen molar-refractivity contribution >= 4 is 33.5 Å². The summed E-state index contributed by atoms with van der Waals surface area (Å²) in [4.78, 5) is 18.9. The molecule has 0 spiro atoms.